The maximum Gasteiger partial charge on any atom is 0.174 e. The van der Waals surface area contributed by atoms with Crippen LogP contribution in [0.1, 0.15) is 11.1 Å². The first-order valence-corrected chi connectivity index (χ1v) is 7.41. The average Bonchev–Trinajstić information content (AvgIpc) is 2.62. The Bertz CT molecular complexity index is 792. The van der Waals surface area contributed by atoms with Crippen LogP contribution in [0.3, 0.4) is 0 Å². The molecule has 1 aliphatic heterocycles. The molecule has 1 unspecified atom stereocenters. The molecule has 105 valence electrons. The highest BCUT2D eigenvalue weighted by Crippen LogP contribution is 2.43. The zero-order chi connectivity index (χ0) is 14.8. The molecule has 0 saturated carbocycles. The average molecular weight is 283 g/mol. The molecule has 0 bridgehead atoms. The molecule has 0 fully saturated rings. The van der Waals surface area contributed by atoms with Gasteiger partial charge in [0.05, 0.1) is 6.26 Å². The quantitative estimate of drug-likeness (QED) is 0.752. The maximum absolute atomic E-state index is 5.46. The van der Waals surface area contributed by atoms with E-state index in [2.05, 4.69) is 60.9 Å². The van der Waals surface area contributed by atoms with E-state index in [1.54, 1.807) is 6.26 Å². The first-order valence-electron chi connectivity index (χ1n) is 7.41. The zero-order valence-electron chi connectivity index (χ0n) is 12.1. The summed E-state index contributed by atoms with van der Waals surface area (Å²) >= 11 is 0. The molecule has 0 spiro atoms. The lowest BCUT2D eigenvalue weighted by Crippen LogP contribution is -2.14. The molecule has 1 heterocycles. The molecule has 2 aliphatic rings. The van der Waals surface area contributed by atoms with Crippen LogP contribution >= 0.6 is 0 Å². The predicted molar refractivity (Wildman–Crippen MR) is 89.3 cm³/mol. The lowest BCUT2D eigenvalue weighted by molar-refractivity contribution is 0.362. The molecule has 1 nitrogen and oxygen atoms in total. The minimum absolute atomic E-state index is 0.170. The summed E-state index contributed by atoms with van der Waals surface area (Å²) in [5.74, 6) is 0.170. The second-order valence-electron chi connectivity index (χ2n) is 5.40. The Morgan fingerprint density at radius 3 is 2.23 bits per heavy atom. The fourth-order valence-corrected chi connectivity index (χ4v) is 3.02. The molecule has 1 heteroatoms. The van der Waals surface area contributed by atoms with Crippen LogP contribution in [-0.4, -0.2) is 0 Å². The first kappa shape index (κ1) is 12.9. The van der Waals surface area contributed by atoms with Gasteiger partial charge >= 0.3 is 0 Å². The SMILES string of the molecule is [C]1=C(c2ccccc2)C2C(=CO1)C=CC=C2c1ccccc1. The fourth-order valence-electron chi connectivity index (χ4n) is 3.02. The van der Waals surface area contributed by atoms with Gasteiger partial charge in [-0.2, -0.15) is 0 Å². The normalized spacial score (nSPS) is 19.5. The van der Waals surface area contributed by atoms with E-state index in [0.29, 0.717) is 0 Å². The first-order chi connectivity index (χ1) is 10.9. The third-order valence-electron chi connectivity index (χ3n) is 4.05. The predicted octanol–water partition coefficient (Wildman–Crippen LogP) is 5.01. The topological polar surface area (TPSA) is 9.23 Å². The van der Waals surface area contributed by atoms with Crippen LogP contribution in [0.5, 0.6) is 0 Å². The lowest BCUT2D eigenvalue weighted by atomic mass is 9.76. The highest BCUT2D eigenvalue weighted by Gasteiger charge is 2.29. The highest BCUT2D eigenvalue weighted by molar-refractivity contribution is 5.87. The minimum Gasteiger partial charge on any atom is -0.460 e. The molecule has 22 heavy (non-hydrogen) atoms. The van der Waals surface area contributed by atoms with Gasteiger partial charge in [0.1, 0.15) is 0 Å². The lowest BCUT2D eigenvalue weighted by Gasteiger charge is -2.29. The van der Waals surface area contributed by atoms with E-state index in [0.717, 1.165) is 11.1 Å². The number of benzene rings is 2. The number of hydrogen-bond acceptors (Lipinski definition) is 1. The second kappa shape index (κ2) is 5.53. The van der Waals surface area contributed by atoms with E-state index in [4.69, 9.17) is 4.74 Å². The summed E-state index contributed by atoms with van der Waals surface area (Å²) in [5, 5.41) is 0. The van der Waals surface area contributed by atoms with Crippen LogP contribution in [0.15, 0.2) is 90.7 Å². The fraction of sp³-hybridized carbons (Fsp3) is 0.0476. The molecular formula is C21H15O. The Balaban J connectivity index is 1.82. The molecule has 4 rings (SSSR count). The molecule has 0 N–H and O–H groups in total. The van der Waals surface area contributed by atoms with Gasteiger partial charge in [-0.1, -0.05) is 78.9 Å². The van der Waals surface area contributed by atoms with Crippen molar-refractivity contribution in [3.63, 3.8) is 0 Å². The van der Waals surface area contributed by atoms with Gasteiger partial charge in [-0.3, -0.25) is 0 Å². The summed E-state index contributed by atoms with van der Waals surface area (Å²) in [4.78, 5) is 0. The molecule has 1 radical (unpaired) electrons. The third-order valence-corrected chi connectivity index (χ3v) is 4.05. The summed E-state index contributed by atoms with van der Waals surface area (Å²) < 4.78 is 5.46. The largest absolute Gasteiger partial charge is 0.460 e. The summed E-state index contributed by atoms with van der Waals surface area (Å²) in [5.41, 5.74) is 5.91. The highest BCUT2D eigenvalue weighted by atomic mass is 16.5. The van der Waals surface area contributed by atoms with Crippen LogP contribution in [0.4, 0.5) is 0 Å². The molecule has 0 aromatic heterocycles. The Hall–Kier alpha value is -2.80. The molecule has 1 aliphatic carbocycles. The van der Waals surface area contributed by atoms with Crippen LogP contribution < -0.4 is 0 Å². The summed E-state index contributed by atoms with van der Waals surface area (Å²) in [6.45, 7) is 0. The van der Waals surface area contributed by atoms with Crippen molar-refractivity contribution >= 4 is 11.1 Å². The molecule has 2 aromatic carbocycles. The van der Waals surface area contributed by atoms with E-state index in [1.165, 1.54) is 16.7 Å². The van der Waals surface area contributed by atoms with Gasteiger partial charge in [-0.05, 0) is 22.3 Å². The van der Waals surface area contributed by atoms with Gasteiger partial charge in [-0.15, -0.1) is 0 Å². The summed E-state index contributed by atoms with van der Waals surface area (Å²) in [6, 6.07) is 20.8. The Kier molecular flexibility index (Phi) is 3.24. The summed E-state index contributed by atoms with van der Waals surface area (Å²) in [6.07, 6.45) is 11.3. The van der Waals surface area contributed by atoms with Crippen molar-refractivity contribution in [1.82, 2.24) is 0 Å². The van der Waals surface area contributed by atoms with Crippen molar-refractivity contribution in [3.8, 4) is 0 Å². The van der Waals surface area contributed by atoms with Gasteiger partial charge < -0.3 is 4.74 Å². The molecule has 2 aromatic rings. The molecule has 1 atom stereocenters. The Morgan fingerprint density at radius 1 is 0.818 bits per heavy atom. The van der Waals surface area contributed by atoms with Crippen LogP contribution in [0.2, 0.25) is 0 Å². The molecular weight excluding hydrogens is 268 g/mol. The smallest absolute Gasteiger partial charge is 0.174 e. The van der Waals surface area contributed by atoms with Gasteiger partial charge in [0, 0.05) is 11.5 Å². The van der Waals surface area contributed by atoms with Gasteiger partial charge in [0.2, 0.25) is 0 Å². The van der Waals surface area contributed by atoms with Crippen LogP contribution in [-0.2, 0) is 4.74 Å². The maximum atomic E-state index is 5.46. The van der Waals surface area contributed by atoms with Crippen molar-refractivity contribution < 1.29 is 4.74 Å². The van der Waals surface area contributed by atoms with E-state index >= 15 is 0 Å². The van der Waals surface area contributed by atoms with Crippen molar-refractivity contribution in [2.24, 2.45) is 5.92 Å². The van der Waals surface area contributed by atoms with E-state index in [-0.39, 0.29) is 5.92 Å². The van der Waals surface area contributed by atoms with Crippen LogP contribution in [0.25, 0.3) is 11.1 Å². The van der Waals surface area contributed by atoms with Gasteiger partial charge in [0.25, 0.3) is 0 Å². The Labute approximate surface area is 130 Å². The number of hydrogen-bond donors (Lipinski definition) is 0. The van der Waals surface area contributed by atoms with Gasteiger partial charge in [0.15, 0.2) is 6.26 Å². The monoisotopic (exact) mass is 283 g/mol. The minimum atomic E-state index is 0.170. The van der Waals surface area contributed by atoms with E-state index in [9.17, 15) is 0 Å². The third kappa shape index (κ3) is 2.21. The van der Waals surface area contributed by atoms with Gasteiger partial charge in [-0.25, -0.2) is 0 Å². The van der Waals surface area contributed by atoms with Crippen molar-refractivity contribution in [3.05, 3.63) is 108 Å². The number of rotatable bonds is 2. The van der Waals surface area contributed by atoms with E-state index < -0.39 is 0 Å². The number of allylic oxidation sites excluding steroid dienone is 6. The summed E-state index contributed by atoms with van der Waals surface area (Å²) in [7, 11) is 0. The zero-order valence-corrected chi connectivity index (χ0v) is 12.1. The van der Waals surface area contributed by atoms with Crippen molar-refractivity contribution in [2.75, 3.05) is 0 Å². The standard InChI is InChI=1S/C21H15O/c1-3-8-16(9-4-1)19-13-7-12-18-14-22-15-20(21(18)19)17-10-5-2-6-11-17/h1-14,21H. The molecule has 0 amide bonds. The van der Waals surface area contributed by atoms with Crippen LogP contribution in [0, 0.1) is 12.2 Å². The van der Waals surface area contributed by atoms with Crippen molar-refractivity contribution in [1.29, 1.82) is 0 Å². The molecule has 0 saturated heterocycles. The van der Waals surface area contributed by atoms with Crippen molar-refractivity contribution in [2.45, 2.75) is 0 Å². The number of ether oxygens (including phenoxy) is 1. The number of fused-ring (bicyclic) bond motifs is 1. The second-order valence-corrected chi connectivity index (χ2v) is 5.40. The van der Waals surface area contributed by atoms with E-state index in [1.807, 2.05) is 24.3 Å². The Morgan fingerprint density at radius 2 is 1.50 bits per heavy atom.